The zero-order chi connectivity index (χ0) is 12.9. The molecule has 1 aliphatic carbocycles. The molecule has 2 aromatic heterocycles. The van der Waals surface area contributed by atoms with Crippen LogP contribution < -0.4 is 0 Å². The minimum absolute atomic E-state index is 0.0458. The van der Waals surface area contributed by atoms with Gasteiger partial charge in [0.25, 0.3) is 10.0 Å². The van der Waals surface area contributed by atoms with Crippen LogP contribution in [0.1, 0.15) is 12.8 Å². The molecule has 0 unspecified atom stereocenters. The van der Waals surface area contributed by atoms with E-state index in [0.717, 1.165) is 12.8 Å². The summed E-state index contributed by atoms with van der Waals surface area (Å²) >= 11 is 7.32. The van der Waals surface area contributed by atoms with Crippen molar-refractivity contribution in [1.82, 2.24) is 13.7 Å². The zero-order valence-electron chi connectivity index (χ0n) is 9.71. The normalized spacial score (nSPS) is 16.8. The summed E-state index contributed by atoms with van der Waals surface area (Å²) in [6, 6.07) is 0. The molecule has 3 rings (SSSR count). The largest absolute Gasteiger partial charge is 0.279 e. The van der Waals surface area contributed by atoms with Crippen LogP contribution in [-0.2, 0) is 10.0 Å². The predicted octanol–water partition coefficient (Wildman–Crippen LogP) is 2.08. The Kier molecular flexibility index (Phi) is 2.89. The van der Waals surface area contributed by atoms with Gasteiger partial charge in [-0.05, 0) is 18.8 Å². The van der Waals surface area contributed by atoms with E-state index in [9.17, 15) is 8.42 Å². The van der Waals surface area contributed by atoms with Gasteiger partial charge in [0, 0.05) is 25.2 Å². The molecule has 1 aliphatic rings. The van der Waals surface area contributed by atoms with E-state index in [1.165, 1.54) is 20.0 Å². The lowest BCUT2D eigenvalue weighted by Gasteiger charge is -2.16. The van der Waals surface area contributed by atoms with Crippen molar-refractivity contribution in [2.75, 3.05) is 13.6 Å². The Labute approximate surface area is 114 Å². The van der Waals surface area contributed by atoms with Gasteiger partial charge in [0.1, 0.15) is 0 Å². The van der Waals surface area contributed by atoms with Crippen LogP contribution in [0.4, 0.5) is 0 Å². The molecule has 0 radical (unpaired) electrons. The molecule has 98 valence electrons. The molecule has 0 aromatic carbocycles. The van der Waals surface area contributed by atoms with Crippen LogP contribution in [0.25, 0.3) is 4.96 Å². The standard InChI is InChI=1S/C10H12ClN3O2S2/c1-13(6-7-2-3-7)18(15,16)9-8(11)12-10-14(9)4-5-17-10/h4-5,7H,2-3,6H2,1H3. The van der Waals surface area contributed by atoms with E-state index in [-0.39, 0.29) is 10.2 Å². The topological polar surface area (TPSA) is 54.7 Å². The van der Waals surface area contributed by atoms with Gasteiger partial charge in [0.15, 0.2) is 15.1 Å². The molecule has 0 bridgehead atoms. The Hall–Kier alpha value is -0.630. The van der Waals surface area contributed by atoms with Crippen LogP contribution in [0, 0.1) is 5.92 Å². The van der Waals surface area contributed by atoms with Gasteiger partial charge in [-0.3, -0.25) is 4.40 Å². The monoisotopic (exact) mass is 305 g/mol. The van der Waals surface area contributed by atoms with Crippen molar-refractivity contribution in [3.05, 3.63) is 16.7 Å². The lowest BCUT2D eigenvalue weighted by atomic mass is 10.4. The third-order valence-electron chi connectivity index (χ3n) is 3.05. The fourth-order valence-corrected chi connectivity index (χ4v) is 4.52. The molecule has 0 amide bonds. The Balaban J connectivity index is 2.05. The Morgan fingerprint density at radius 1 is 1.61 bits per heavy atom. The lowest BCUT2D eigenvalue weighted by molar-refractivity contribution is 0.450. The van der Waals surface area contributed by atoms with Gasteiger partial charge in [-0.15, -0.1) is 11.3 Å². The molecule has 1 saturated carbocycles. The van der Waals surface area contributed by atoms with E-state index in [0.29, 0.717) is 17.4 Å². The average Bonchev–Trinajstić information content (AvgIpc) is 2.88. The quantitative estimate of drug-likeness (QED) is 0.869. The molecular weight excluding hydrogens is 294 g/mol. The van der Waals surface area contributed by atoms with Crippen LogP contribution in [0.5, 0.6) is 0 Å². The van der Waals surface area contributed by atoms with Crippen molar-refractivity contribution in [3.63, 3.8) is 0 Å². The van der Waals surface area contributed by atoms with E-state index >= 15 is 0 Å². The Morgan fingerprint density at radius 2 is 2.33 bits per heavy atom. The molecule has 0 aliphatic heterocycles. The number of aromatic nitrogens is 2. The second kappa shape index (κ2) is 4.19. The van der Waals surface area contributed by atoms with Crippen LogP contribution in [0.3, 0.4) is 0 Å². The fourth-order valence-electron chi connectivity index (χ4n) is 1.88. The number of imidazole rings is 1. The summed E-state index contributed by atoms with van der Waals surface area (Å²) in [5.74, 6) is 0.495. The van der Waals surface area contributed by atoms with Crippen molar-refractivity contribution in [1.29, 1.82) is 0 Å². The van der Waals surface area contributed by atoms with Gasteiger partial charge < -0.3 is 0 Å². The zero-order valence-corrected chi connectivity index (χ0v) is 12.1. The van der Waals surface area contributed by atoms with Gasteiger partial charge in [0.2, 0.25) is 0 Å². The number of halogens is 1. The number of fused-ring (bicyclic) bond motifs is 1. The van der Waals surface area contributed by atoms with E-state index < -0.39 is 10.0 Å². The number of hydrogen-bond acceptors (Lipinski definition) is 4. The van der Waals surface area contributed by atoms with Crippen molar-refractivity contribution in [2.24, 2.45) is 5.92 Å². The first-order chi connectivity index (χ1) is 8.50. The van der Waals surface area contributed by atoms with E-state index in [4.69, 9.17) is 11.6 Å². The molecule has 8 heteroatoms. The summed E-state index contributed by atoms with van der Waals surface area (Å²) in [4.78, 5) is 4.65. The van der Waals surface area contributed by atoms with Gasteiger partial charge in [-0.1, -0.05) is 11.6 Å². The maximum Gasteiger partial charge on any atom is 0.262 e. The maximum absolute atomic E-state index is 12.5. The summed E-state index contributed by atoms with van der Waals surface area (Å²) in [7, 11) is -1.98. The molecule has 0 saturated heterocycles. The fraction of sp³-hybridized carbons (Fsp3) is 0.500. The molecule has 0 N–H and O–H groups in total. The van der Waals surface area contributed by atoms with E-state index in [1.54, 1.807) is 18.6 Å². The van der Waals surface area contributed by atoms with Crippen LogP contribution in [0.15, 0.2) is 16.6 Å². The highest BCUT2D eigenvalue weighted by Crippen LogP contribution is 2.32. The van der Waals surface area contributed by atoms with Gasteiger partial charge in [-0.25, -0.2) is 13.4 Å². The first kappa shape index (κ1) is 12.4. The molecule has 2 aromatic rings. The first-order valence-electron chi connectivity index (χ1n) is 5.57. The van der Waals surface area contributed by atoms with Gasteiger partial charge in [0.05, 0.1) is 0 Å². The van der Waals surface area contributed by atoms with Crippen LogP contribution in [-0.4, -0.2) is 35.7 Å². The van der Waals surface area contributed by atoms with Crippen LogP contribution in [0.2, 0.25) is 5.15 Å². The Morgan fingerprint density at radius 3 is 3.00 bits per heavy atom. The molecule has 0 spiro atoms. The molecule has 1 fully saturated rings. The molecule has 0 atom stereocenters. The van der Waals surface area contributed by atoms with Gasteiger partial charge >= 0.3 is 0 Å². The average molecular weight is 306 g/mol. The number of rotatable bonds is 4. The third-order valence-corrected chi connectivity index (χ3v) is 6.03. The van der Waals surface area contributed by atoms with Crippen LogP contribution >= 0.6 is 22.9 Å². The van der Waals surface area contributed by atoms with Crippen molar-refractivity contribution in [3.8, 4) is 0 Å². The molecule has 18 heavy (non-hydrogen) atoms. The smallest absolute Gasteiger partial charge is 0.262 e. The molecule has 2 heterocycles. The minimum atomic E-state index is -3.57. The summed E-state index contributed by atoms with van der Waals surface area (Å²) < 4.78 is 27.9. The maximum atomic E-state index is 12.5. The SMILES string of the molecule is CN(CC1CC1)S(=O)(=O)c1c(Cl)nc2sccn12. The first-order valence-corrected chi connectivity index (χ1v) is 8.27. The highest BCUT2D eigenvalue weighted by atomic mass is 35.5. The molecule has 5 nitrogen and oxygen atoms in total. The second-order valence-electron chi connectivity index (χ2n) is 4.49. The predicted molar refractivity (Wildman–Crippen MR) is 70.6 cm³/mol. The summed E-state index contributed by atoms with van der Waals surface area (Å²) in [5.41, 5.74) is 0. The summed E-state index contributed by atoms with van der Waals surface area (Å²) in [6.45, 7) is 0.552. The third kappa shape index (κ3) is 1.95. The van der Waals surface area contributed by atoms with E-state index in [1.807, 2.05) is 0 Å². The summed E-state index contributed by atoms with van der Waals surface area (Å²) in [5, 5.41) is 1.91. The highest BCUT2D eigenvalue weighted by molar-refractivity contribution is 7.89. The minimum Gasteiger partial charge on any atom is -0.279 e. The number of thiazole rings is 1. The summed E-state index contributed by atoms with van der Waals surface area (Å²) in [6.07, 6.45) is 3.89. The van der Waals surface area contributed by atoms with E-state index in [2.05, 4.69) is 4.98 Å². The Bertz CT molecular complexity index is 687. The number of nitrogens with zero attached hydrogens (tertiary/aromatic N) is 3. The van der Waals surface area contributed by atoms with Crippen molar-refractivity contribution in [2.45, 2.75) is 17.9 Å². The van der Waals surface area contributed by atoms with Crippen molar-refractivity contribution >= 4 is 37.9 Å². The number of hydrogen-bond donors (Lipinski definition) is 0. The second-order valence-corrected chi connectivity index (χ2v) is 7.68. The lowest BCUT2D eigenvalue weighted by Crippen LogP contribution is -2.30. The van der Waals surface area contributed by atoms with Gasteiger partial charge in [-0.2, -0.15) is 4.31 Å². The molecular formula is C10H12ClN3O2S2. The number of sulfonamides is 1. The van der Waals surface area contributed by atoms with Crippen molar-refractivity contribution < 1.29 is 8.42 Å². The highest BCUT2D eigenvalue weighted by Gasteiger charge is 2.33.